The number of halogens is 12. The maximum atomic E-state index is 14.4. The van der Waals surface area contributed by atoms with Crippen LogP contribution in [0.3, 0.4) is 0 Å². The Morgan fingerprint density at radius 1 is 0.328 bits per heavy atom. The van der Waals surface area contributed by atoms with Crippen LogP contribution in [0.1, 0.15) is 22.3 Å². The molecule has 2 N–H and O–H groups in total. The summed E-state index contributed by atoms with van der Waals surface area (Å²) in [7, 11) is -4.24. The van der Waals surface area contributed by atoms with Crippen molar-refractivity contribution in [2.45, 2.75) is 45.3 Å². The first-order valence-corrected chi connectivity index (χ1v) is 18.7. The monoisotopic (exact) mass is 886 g/mol. The molecule has 0 spiro atoms. The molecule has 61 heavy (non-hydrogen) atoms. The summed E-state index contributed by atoms with van der Waals surface area (Å²) < 4.78 is 210. The topological polar surface area (TPSA) is 93.1 Å². The normalized spacial score (nSPS) is 13.2. The van der Waals surface area contributed by atoms with Crippen LogP contribution in [0.4, 0.5) is 52.7 Å². The third kappa shape index (κ3) is 8.01. The van der Waals surface area contributed by atoms with Gasteiger partial charge in [0.1, 0.15) is 34.5 Å². The molecular formula is C42H26F12O6S. The summed E-state index contributed by atoms with van der Waals surface area (Å²) in [6, 6.07) is 19.7. The molecule has 19 heteroatoms. The van der Waals surface area contributed by atoms with Crippen molar-refractivity contribution in [3.8, 4) is 34.5 Å². The molecule has 0 unspecified atom stereocenters. The predicted molar refractivity (Wildman–Crippen MR) is 193 cm³/mol. The quantitative estimate of drug-likeness (QED) is 0.133. The minimum absolute atomic E-state index is 0.0521. The number of hydrogen-bond acceptors (Lipinski definition) is 6. The van der Waals surface area contributed by atoms with E-state index in [0.717, 1.165) is 48.5 Å². The summed E-state index contributed by atoms with van der Waals surface area (Å²) >= 11 is 0. The van der Waals surface area contributed by atoms with Crippen LogP contribution < -0.4 is 9.47 Å². The first-order valence-electron chi connectivity index (χ1n) is 17.2. The van der Waals surface area contributed by atoms with Gasteiger partial charge in [0.15, 0.2) is 0 Å². The van der Waals surface area contributed by atoms with Gasteiger partial charge in [0.25, 0.3) is 0 Å². The Hall–Kier alpha value is -6.37. The fourth-order valence-corrected chi connectivity index (χ4v) is 7.98. The van der Waals surface area contributed by atoms with E-state index in [4.69, 9.17) is 9.47 Å². The highest BCUT2D eigenvalue weighted by Gasteiger charge is 2.73. The molecule has 0 aliphatic carbocycles. The van der Waals surface area contributed by atoms with Crippen LogP contribution in [0, 0.1) is 0 Å². The fraction of sp³-hybridized carbons (Fsp3) is 0.143. The second kappa shape index (κ2) is 15.6. The molecule has 0 aliphatic rings. The molecule has 0 saturated carbocycles. The zero-order valence-corrected chi connectivity index (χ0v) is 31.1. The van der Waals surface area contributed by atoms with Gasteiger partial charge < -0.3 is 19.7 Å². The van der Waals surface area contributed by atoms with Crippen LogP contribution in [0.5, 0.6) is 34.5 Å². The SMILES string of the molecule is O=S(=O)(c1ccc(Oc2ccc(C(c3ccc(O)cc3)(C(F)(F)F)C(F)(F)F)cc2)cc1)c1ccc(Oc2ccc(C(c3ccc(O)cc3)(C(F)(F)F)C(F)(F)F)cc2)cc1. The van der Waals surface area contributed by atoms with E-state index >= 15 is 0 Å². The Balaban J connectivity index is 1.17. The van der Waals surface area contributed by atoms with E-state index in [1.807, 2.05) is 0 Å². The van der Waals surface area contributed by atoms with Crippen molar-refractivity contribution in [2.75, 3.05) is 0 Å². The number of aromatic hydroxyl groups is 2. The van der Waals surface area contributed by atoms with E-state index < -0.39 is 79.1 Å². The van der Waals surface area contributed by atoms with Gasteiger partial charge in [-0.3, -0.25) is 0 Å². The number of rotatable bonds is 10. The maximum Gasteiger partial charge on any atom is 0.411 e. The van der Waals surface area contributed by atoms with Crippen LogP contribution in [0.15, 0.2) is 155 Å². The van der Waals surface area contributed by atoms with Gasteiger partial charge in [-0.15, -0.1) is 0 Å². The fourth-order valence-electron chi connectivity index (χ4n) is 6.71. The second-order valence-electron chi connectivity index (χ2n) is 13.3. The minimum atomic E-state index is -5.87. The number of ether oxygens (including phenoxy) is 2. The molecule has 0 aromatic heterocycles. The number of phenolic OH excluding ortho intramolecular Hbond substituents is 2. The Morgan fingerprint density at radius 3 is 0.738 bits per heavy atom. The molecule has 0 atom stereocenters. The number of sulfone groups is 1. The second-order valence-corrected chi connectivity index (χ2v) is 15.2. The molecule has 6 aromatic rings. The van der Waals surface area contributed by atoms with Crippen LogP contribution in [-0.4, -0.2) is 43.3 Å². The van der Waals surface area contributed by atoms with Crippen molar-refractivity contribution in [1.29, 1.82) is 0 Å². The van der Waals surface area contributed by atoms with E-state index in [0.29, 0.717) is 72.8 Å². The highest BCUT2D eigenvalue weighted by atomic mass is 32.2. The highest BCUT2D eigenvalue weighted by Crippen LogP contribution is 2.58. The van der Waals surface area contributed by atoms with Crippen molar-refractivity contribution in [3.05, 3.63) is 168 Å². The van der Waals surface area contributed by atoms with Crippen LogP contribution in [-0.2, 0) is 20.7 Å². The lowest BCUT2D eigenvalue weighted by molar-refractivity contribution is -0.290. The van der Waals surface area contributed by atoms with Gasteiger partial charge in [0, 0.05) is 0 Å². The maximum absolute atomic E-state index is 14.4. The Bertz CT molecular complexity index is 2360. The summed E-state index contributed by atoms with van der Waals surface area (Å²) in [5, 5.41) is 18.9. The average Bonchev–Trinajstić information content (AvgIpc) is 3.16. The van der Waals surface area contributed by atoms with Crippen molar-refractivity contribution in [2.24, 2.45) is 0 Å². The van der Waals surface area contributed by atoms with Gasteiger partial charge >= 0.3 is 24.7 Å². The van der Waals surface area contributed by atoms with Crippen molar-refractivity contribution in [1.82, 2.24) is 0 Å². The molecule has 0 heterocycles. The lowest BCUT2D eigenvalue weighted by atomic mass is 9.73. The van der Waals surface area contributed by atoms with E-state index in [-0.39, 0.29) is 32.8 Å². The largest absolute Gasteiger partial charge is 0.508 e. The predicted octanol–water partition coefficient (Wildman–Crippen LogP) is 12.3. The van der Waals surface area contributed by atoms with E-state index in [2.05, 4.69) is 0 Å². The number of alkyl halides is 12. The van der Waals surface area contributed by atoms with Crippen LogP contribution >= 0.6 is 0 Å². The molecule has 0 fully saturated rings. The van der Waals surface area contributed by atoms with E-state index in [1.54, 1.807) is 0 Å². The van der Waals surface area contributed by atoms with Gasteiger partial charge in [0.2, 0.25) is 20.7 Å². The third-order valence-corrected chi connectivity index (χ3v) is 11.4. The summed E-state index contributed by atoms with van der Waals surface area (Å²) in [5.41, 5.74) is -13.7. The lowest BCUT2D eigenvalue weighted by Gasteiger charge is -2.38. The van der Waals surface area contributed by atoms with Crippen molar-refractivity contribution >= 4 is 9.84 Å². The highest BCUT2D eigenvalue weighted by molar-refractivity contribution is 7.91. The first-order chi connectivity index (χ1) is 28.3. The zero-order valence-electron chi connectivity index (χ0n) is 30.3. The smallest absolute Gasteiger partial charge is 0.411 e. The number of hydrogen-bond donors (Lipinski definition) is 2. The third-order valence-electron chi connectivity index (χ3n) is 9.62. The van der Waals surface area contributed by atoms with E-state index in [9.17, 15) is 71.3 Å². The molecule has 320 valence electrons. The lowest BCUT2D eigenvalue weighted by Crippen LogP contribution is -2.54. The molecule has 0 radical (unpaired) electrons. The molecule has 0 amide bonds. The van der Waals surface area contributed by atoms with Gasteiger partial charge in [-0.1, -0.05) is 48.5 Å². The number of phenols is 2. The standard InChI is InChI=1S/C42H26F12O6S/c43-39(44,45)37(40(46,47)48,25-1-9-29(55)10-2-25)27-5-13-31(14-6-27)59-33-17-21-35(22-18-33)61(57,58)36-23-19-34(20-24-36)60-32-15-7-28(8-16-32)38(41(49,50)51,42(52,53)54)26-3-11-30(56)12-4-26/h1-24,55-56H. The molecule has 6 aromatic carbocycles. The van der Waals surface area contributed by atoms with Gasteiger partial charge in [-0.25, -0.2) is 8.42 Å². The summed E-state index contributed by atoms with van der Waals surface area (Å²) in [6.07, 6.45) is -23.5. The number of benzene rings is 6. The molecule has 0 saturated heterocycles. The zero-order chi connectivity index (χ0) is 44.8. The average molecular weight is 887 g/mol. The van der Waals surface area contributed by atoms with E-state index in [1.165, 1.54) is 24.3 Å². The summed E-state index contributed by atoms with van der Waals surface area (Å²) in [4.78, 5) is -0.556. The Labute approximate surface area is 337 Å². The molecule has 6 nitrogen and oxygen atoms in total. The molecule has 0 bridgehead atoms. The first kappa shape index (κ1) is 44.2. The molecule has 0 aliphatic heterocycles. The van der Waals surface area contributed by atoms with Crippen molar-refractivity contribution in [3.63, 3.8) is 0 Å². The van der Waals surface area contributed by atoms with Gasteiger partial charge in [-0.2, -0.15) is 52.7 Å². The van der Waals surface area contributed by atoms with Gasteiger partial charge in [0.05, 0.1) is 9.79 Å². The summed E-state index contributed by atoms with van der Waals surface area (Å²) in [5.74, 6) is -1.61. The van der Waals surface area contributed by atoms with Crippen LogP contribution in [0.25, 0.3) is 0 Å². The minimum Gasteiger partial charge on any atom is -0.508 e. The summed E-state index contributed by atoms with van der Waals surface area (Å²) in [6.45, 7) is 0. The molecular weight excluding hydrogens is 860 g/mol. The Kier molecular flexibility index (Phi) is 11.3. The molecule has 6 rings (SSSR count). The Morgan fingerprint density at radius 2 is 0.525 bits per heavy atom. The van der Waals surface area contributed by atoms with Crippen molar-refractivity contribution < 1.29 is 80.8 Å². The van der Waals surface area contributed by atoms with Crippen LogP contribution in [0.2, 0.25) is 0 Å². The van der Waals surface area contributed by atoms with Gasteiger partial charge in [-0.05, 0) is 119 Å².